The fourth-order valence-electron chi connectivity index (χ4n) is 3.12. The molecule has 2 aromatic rings. The molecule has 7 heteroatoms. The van der Waals surface area contributed by atoms with E-state index in [-0.39, 0.29) is 0 Å². The monoisotopic (exact) mass is 356 g/mol. The highest BCUT2D eigenvalue weighted by Crippen LogP contribution is 2.25. The van der Waals surface area contributed by atoms with Gasteiger partial charge in [-0.25, -0.2) is 0 Å². The summed E-state index contributed by atoms with van der Waals surface area (Å²) in [5.74, 6) is 1.26. The van der Waals surface area contributed by atoms with Gasteiger partial charge in [0, 0.05) is 31.9 Å². The second-order valence-electron chi connectivity index (χ2n) is 6.33. The summed E-state index contributed by atoms with van der Waals surface area (Å²) in [6.45, 7) is 9.65. The Hall–Kier alpha value is -2.25. The quantitative estimate of drug-likeness (QED) is 0.752. The van der Waals surface area contributed by atoms with Crippen molar-refractivity contribution >= 4 is 17.5 Å². The number of morpholine rings is 1. The minimum atomic E-state index is 0.551. The van der Waals surface area contributed by atoms with Crippen molar-refractivity contribution in [3.05, 3.63) is 35.5 Å². The van der Waals surface area contributed by atoms with Crippen molar-refractivity contribution in [2.75, 3.05) is 50.0 Å². The van der Waals surface area contributed by atoms with E-state index in [2.05, 4.69) is 62.8 Å². The van der Waals surface area contributed by atoms with Gasteiger partial charge in [-0.05, 0) is 24.0 Å². The molecule has 0 spiro atoms. The van der Waals surface area contributed by atoms with Crippen LogP contribution in [0.15, 0.2) is 24.4 Å². The third-order valence-electron chi connectivity index (χ3n) is 4.63. The number of nitrogens with one attached hydrogen (secondary N) is 2. The third kappa shape index (κ3) is 4.89. The van der Waals surface area contributed by atoms with Crippen LogP contribution in [0.2, 0.25) is 0 Å². The van der Waals surface area contributed by atoms with Crippen molar-refractivity contribution in [2.24, 2.45) is 0 Å². The summed E-state index contributed by atoms with van der Waals surface area (Å²) < 4.78 is 5.37. The highest BCUT2D eigenvalue weighted by atomic mass is 16.5. The van der Waals surface area contributed by atoms with Crippen LogP contribution >= 0.6 is 0 Å². The summed E-state index contributed by atoms with van der Waals surface area (Å²) in [6, 6.07) is 6.41. The van der Waals surface area contributed by atoms with Gasteiger partial charge in [-0.2, -0.15) is 10.1 Å². The average molecular weight is 356 g/mol. The van der Waals surface area contributed by atoms with Gasteiger partial charge in [0.25, 0.3) is 0 Å². The van der Waals surface area contributed by atoms with Crippen LogP contribution in [0.3, 0.4) is 0 Å². The van der Waals surface area contributed by atoms with Gasteiger partial charge in [0.2, 0.25) is 5.95 Å². The SMILES string of the molecule is CCc1cccc(CC)c1Nc1cnnc(NCCN2CCOCC2)n1. The van der Waals surface area contributed by atoms with E-state index >= 15 is 0 Å². The lowest BCUT2D eigenvalue weighted by molar-refractivity contribution is 0.0398. The first-order valence-electron chi connectivity index (χ1n) is 9.41. The van der Waals surface area contributed by atoms with Crippen LogP contribution in [0.4, 0.5) is 17.5 Å². The summed E-state index contributed by atoms with van der Waals surface area (Å²) in [5, 5.41) is 14.9. The second-order valence-corrected chi connectivity index (χ2v) is 6.33. The third-order valence-corrected chi connectivity index (χ3v) is 4.63. The van der Waals surface area contributed by atoms with Gasteiger partial charge in [0.15, 0.2) is 5.82 Å². The number of ether oxygens (including phenoxy) is 1. The Labute approximate surface area is 155 Å². The molecule has 1 aromatic carbocycles. The summed E-state index contributed by atoms with van der Waals surface area (Å²) in [5.41, 5.74) is 3.70. The fourth-order valence-corrected chi connectivity index (χ4v) is 3.12. The van der Waals surface area contributed by atoms with Crippen molar-refractivity contribution in [3.8, 4) is 0 Å². The molecule has 0 unspecified atom stereocenters. The molecule has 140 valence electrons. The number of anilines is 3. The molecule has 3 rings (SSSR count). The molecule has 1 fully saturated rings. The summed E-state index contributed by atoms with van der Waals surface area (Å²) in [7, 11) is 0. The molecule has 0 atom stereocenters. The molecule has 1 aliphatic rings. The van der Waals surface area contributed by atoms with Crippen molar-refractivity contribution in [3.63, 3.8) is 0 Å². The van der Waals surface area contributed by atoms with Gasteiger partial charge in [0.1, 0.15) is 0 Å². The molecular formula is C19H28N6O. The van der Waals surface area contributed by atoms with E-state index in [0.29, 0.717) is 11.8 Å². The van der Waals surface area contributed by atoms with Gasteiger partial charge in [0.05, 0.1) is 19.4 Å². The van der Waals surface area contributed by atoms with Crippen molar-refractivity contribution in [1.82, 2.24) is 20.1 Å². The minimum absolute atomic E-state index is 0.551. The smallest absolute Gasteiger partial charge is 0.244 e. The van der Waals surface area contributed by atoms with Gasteiger partial charge in [-0.15, -0.1) is 5.10 Å². The fraction of sp³-hybridized carbons (Fsp3) is 0.526. The molecule has 7 nitrogen and oxygen atoms in total. The summed E-state index contributed by atoms with van der Waals surface area (Å²) in [4.78, 5) is 6.93. The molecule has 0 radical (unpaired) electrons. The maximum absolute atomic E-state index is 5.37. The highest BCUT2D eigenvalue weighted by molar-refractivity contribution is 5.65. The average Bonchev–Trinajstić information content (AvgIpc) is 2.69. The lowest BCUT2D eigenvalue weighted by atomic mass is 10.0. The van der Waals surface area contributed by atoms with Crippen molar-refractivity contribution in [1.29, 1.82) is 0 Å². The first-order chi connectivity index (χ1) is 12.8. The number of hydrogen-bond donors (Lipinski definition) is 2. The predicted octanol–water partition coefficient (Wildman–Crippen LogP) is 2.48. The Kier molecular flexibility index (Phi) is 6.74. The molecule has 2 N–H and O–H groups in total. The molecule has 1 saturated heterocycles. The predicted molar refractivity (Wildman–Crippen MR) is 104 cm³/mol. The van der Waals surface area contributed by atoms with E-state index in [9.17, 15) is 0 Å². The summed E-state index contributed by atoms with van der Waals surface area (Å²) in [6.07, 6.45) is 3.61. The number of rotatable bonds is 8. The number of para-hydroxylation sites is 1. The molecule has 1 aliphatic heterocycles. The second kappa shape index (κ2) is 9.45. The van der Waals surface area contributed by atoms with Crippen LogP contribution in [-0.2, 0) is 17.6 Å². The number of aromatic nitrogens is 3. The highest BCUT2D eigenvalue weighted by Gasteiger charge is 2.11. The topological polar surface area (TPSA) is 75.2 Å². The maximum atomic E-state index is 5.37. The standard InChI is InChI=1S/C19H28N6O/c1-3-15-6-5-7-16(4-2)18(15)22-17-14-21-24-19(23-17)20-8-9-25-10-12-26-13-11-25/h5-7,14H,3-4,8-13H2,1-2H3,(H2,20,22,23,24). The van der Waals surface area contributed by atoms with E-state index in [0.717, 1.165) is 57.9 Å². The molecule has 26 heavy (non-hydrogen) atoms. The van der Waals surface area contributed by atoms with Crippen molar-refractivity contribution in [2.45, 2.75) is 26.7 Å². The van der Waals surface area contributed by atoms with E-state index < -0.39 is 0 Å². The number of nitrogens with zero attached hydrogens (tertiary/aromatic N) is 4. The molecule has 0 saturated carbocycles. The van der Waals surface area contributed by atoms with Crippen LogP contribution in [0, 0.1) is 0 Å². The van der Waals surface area contributed by atoms with Gasteiger partial charge in [-0.1, -0.05) is 32.0 Å². The zero-order valence-corrected chi connectivity index (χ0v) is 15.7. The van der Waals surface area contributed by atoms with Crippen LogP contribution < -0.4 is 10.6 Å². The van der Waals surface area contributed by atoms with Gasteiger partial charge >= 0.3 is 0 Å². The molecule has 0 bridgehead atoms. The Morgan fingerprint density at radius 3 is 2.54 bits per heavy atom. The van der Waals surface area contributed by atoms with Crippen LogP contribution in [0.1, 0.15) is 25.0 Å². The van der Waals surface area contributed by atoms with Gasteiger partial charge < -0.3 is 15.4 Å². The van der Waals surface area contributed by atoms with E-state index in [4.69, 9.17) is 4.74 Å². The molecular weight excluding hydrogens is 328 g/mol. The molecule has 1 aromatic heterocycles. The van der Waals surface area contributed by atoms with E-state index in [1.807, 2.05) is 0 Å². The summed E-state index contributed by atoms with van der Waals surface area (Å²) >= 11 is 0. The zero-order valence-electron chi connectivity index (χ0n) is 15.7. The number of benzene rings is 1. The van der Waals surface area contributed by atoms with Crippen molar-refractivity contribution < 1.29 is 4.74 Å². The Morgan fingerprint density at radius 1 is 1.12 bits per heavy atom. The number of hydrogen-bond acceptors (Lipinski definition) is 7. The molecule has 0 aliphatic carbocycles. The normalized spacial score (nSPS) is 15.0. The van der Waals surface area contributed by atoms with E-state index in [1.54, 1.807) is 6.20 Å². The molecule has 2 heterocycles. The Bertz CT molecular complexity index is 680. The number of aryl methyl sites for hydroxylation is 2. The zero-order chi connectivity index (χ0) is 18.2. The lowest BCUT2D eigenvalue weighted by Gasteiger charge is -2.26. The van der Waals surface area contributed by atoms with Crippen LogP contribution in [-0.4, -0.2) is 59.5 Å². The first kappa shape index (κ1) is 18.5. The Balaban J connectivity index is 1.62. The van der Waals surface area contributed by atoms with Crippen LogP contribution in [0.25, 0.3) is 0 Å². The van der Waals surface area contributed by atoms with Crippen LogP contribution in [0.5, 0.6) is 0 Å². The van der Waals surface area contributed by atoms with Gasteiger partial charge in [-0.3, -0.25) is 4.90 Å². The minimum Gasteiger partial charge on any atom is -0.379 e. The first-order valence-corrected chi connectivity index (χ1v) is 9.41. The Morgan fingerprint density at radius 2 is 1.85 bits per heavy atom. The maximum Gasteiger partial charge on any atom is 0.244 e. The lowest BCUT2D eigenvalue weighted by Crippen LogP contribution is -2.39. The van der Waals surface area contributed by atoms with E-state index in [1.165, 1.54) is 11.1 Å². The largest absolute Gasteiger partial charge is 0.379 e. The molecule has 0 amide bonds.